The molecule has 0 heterocycles. The molecule has 0 saturated carbocycles. The molecule has 2 heteroatoms. The molecule has 160 valence electrons. The van der Waals surface area contributed by atoms with Gasteiger partial charge in [-0.1, -0.05) is 84.9 Å². The van der Waals surface area contributed by atoms with E-state index in [1.165, 1.54) is 43.8 Å². The third kappa shape index (κ3) is 2.16. The monoisotopic (exact) mass is 436 g/mol. The molecule has 0 saturated heterocycles. The molecule has 5 aromatic carbocycles. The number of hydrogen-bond acceptors (Lipinski definition) is 2. The van der Waals surface area contributed by atoms with Gasteiger partial charge in [0.05, 0.1) is 0 Å². The number of hydrogen-bond donors (Lipinski definition) is 0. The lowest BCUT2D eigenvalue weighted by molar-refractivity contribution is 0.0664. The lowest BCUT2D eigenvalue weighted by Gasteiger charge is -2.51. The van der Waals surface area contributed by atoms with Crippen LogP contribution in [0.5, 0.6) is 0 Å². The fraction of sp³-hybridized carbons (Fsp3) is 0.125. The summed E-state index contributed by atoms with van der Waals surface area (Å²) < 4.78 is 0. The van der Waals surface area contributed by atoms with E-state index in [1.807, 2.05) is 24.3 Å². The van der Waals surface area contributed by atoms with Crippen LogP contribution in [0.1, 0.15) is 54.8 Å². The fourth-order valence-corrected chi connectivity index (χ4v) is 7.07. The highest BCUT2D eigenvalue weighted by Gasteiger charge is 2.57. The van der Waals surface area contributed by atoms with Gasteiger partial charge < -0.3 is 0 Å². The first-order valence-electron chi connectivity index (χ1n) is 11.9. The van der Waals surface area contributed by atoms with E-state index in [0.29, 0.717) is 11.1 Å². The van der Waals surface area contributed by atoms with E-state index in [2.05, 4.69) is 72.8 Å². The van der Waals surface area contributed by atoms with E-state index in [9.17, 15) is 9.59 Å². The zero-order chi connectivity index (χ0) is 22.6. The number of carbonyl (C=O) groups is 2. The van der Waals surface area contributed by atoms with Crippen LogP contribution in [0.2, 0.25) is 0 Å². The van der Waals surface area contributed by atoms with Crippen LogP contribution in [0.15, 0.2) is 97.1 Å². The summed E-state index contributed by atoms with van der Waals surface area (Å²) in [4.78, 5) is 27.8. The summed E-state index contributed by atoms with van der Waals surface area (Å²) in [5.74, 6) is -0.632. The maximum atomic E-state index is 13.9. The molecule has 4 aliphatic carbocycles. The van der Waals surface area contributed by atoms with Crippen molar-refractivity contribution in [1.82, 2.24) is 0 Å². The number of carbonyl (C=O) groups excluding carboxylic acids is 2. The standard InChI is InChI=1S/C32H20O2/c33-31-23-11-5-6-12-24(23)32(34)30-28-22-10-4-3-9-21(22)27(29(30)31)25-15-19-13-17-7-1-2-8-18(17)14-20(19)16-26(25)28/h1-16,27-30H/t27-,28+,29+,30-. The summed E-state index contributed by atoms with van der Waals surface area (Å²) in [6.07, 6.45) is 0. The van der Waals surface area contributed by atoms with Crippen LogP contribution < -0.4 is 0 Å². The van der Waals surface area contributed by atoms with Crippen LogP contribution in [0.4, 0.5) is 0 Å². The molecule has 0 fully saturated rings. The molecule has 4 aliphatic rings. The number of fused-ring (bicyclic) bond motifs is 3. The van der Waals surface area contributed by atoms with Crippen molar-refractivity contribution in [3.05, 3.63) is 130 Å². The molecule has 0 unspecified atom stereocenters. The topological polar surface area (TPSA) is 34.1 Å². The van der Waals surface area contributed by atoms with Gasteiger partial charge in [-0.15, -0.1) is 0 Å². The Kier molecular flexibility index (Phi) is 3.41. The van der Waals surface area contributed by atoms with Crippen molar-refractivity contribution in [2.24, 2.45) is 11.8 Å². The van der Waals surface area contributed by atoms with Gasteiger partial charge in [0.25, 0.3) is 0 Å². The highest BCUT2D eigenvalue weighted by Crippen LogP contribution is 2.61. The van der Waals surface area contributed by atoms with Crippen molar-refractivity contribution in [1.29, 1.82) is 0 Å². The van der Waals surface area contributed by atoms with Gasteiger partial charge in [-0.05, 0) is 55.9 Å². The summed E-state index contributed by atoms with van der Waals surface area (Å²) >= 11 is 0. The predicted octanol–water partition coefficient (Wildman–Crippen LogP) is 6.90. The third-order valence-electron chi connectivity index (χ3n) is 8.41. The molecule has 2 nitrogen and oxygen atoms in total. The summed E-state index contributed by atoms with van der Waals surface area (Å²) in [5, 5.41) is 4.81. The van der Waals surface area contributed by atoms with E-state index in [0.717, 1.165) is 0 Å². The molecule has 0 amide bonds. The Hall–Kier alpha value is -4.04. The first-order chi connectivity index (χ1) is 16.7. The van der Waals surface area contributed by atoms with Crippen LogP contribution in [-0.2, 0) is 0 Å². The van der Waals surface area contributed by atoms with Crippen LogP contribution >= 0.6 is 0 Å². The Labute approximate surface area is 196 Å². The quantitative estimate of drug-likeness (QED) is 0.248. The van der Waals surface area contributed by atoms with Gasteiger partial charge in [-0.3, -0.25) is 9.59 Å². The zero-order valence-electron chi connectivity index (χ0n) is 18.4. The summed E-state index contributed by atoms with van der Waals surface area (Å²) in [7, 11) is 0. The maximum Gasteiger partial charge on any atom is 0.168 e. The van der Waals surface area contributed by atoms with E-state index >= 15 is 0 Å². The largest absolute Gasteiger partial charge is 0.294 e. The predicted molar refractivity (Wildman–Crippen MR) is 134 cm³/mol. The van der Waals surface area contributed by atoms with E-state index in [-0.39, 0.29) is 35.2 Å². The van der Waals surface area contributed by atoms with Crippen molar-refractivity contribution in [2.75, 3.05) is 0 Å². The Balaban J connectivity index is 1.45. The fourth-order valence-electron chi connectivity index (χ4n) is 7.07. The second kappa shape index (κ2) is 6.30. The molecule has 0 aliphatic heterocycles. The summed E-state index contributed by atoms with van der Waals surface area (Å²) in [5.41, 5.74) is 6.03. The van der Waals surface area contributed by atoms with E-state index < -0.39 is 0 Å². The van der Waals surface area contributed by atoms with Gasteiger partial charge >= 0.3 is 0 Å². The van der Waals surface area contributed by atoms with Crippen LogP contribution in [-0.4, -0.2) is 11.6 Å². The zero-order valence-corrected chi connectivity index (χ0v) is 18.4. The molecule has 5 aromatic rings. The Morgan fingerprint density at radius 1 is 0.412 bits per heavy atom. The van der Waals surface area contributed by atoms with Gasteiger partial charge in [0.1, 0.15) is 0 Å². The van der Waals surface area contributed by atoms with Gasteiger partial charge in [-0.2, -0.15) is 0 Å². The lowest BCUT2D eigenvalue weighted by atomic mass is 9.50. The van der Waals surface area contributed by atoms with Gasteiger partial charge in [0.2, 0.25) is 0 Å². The average Bonchev–Trinajstić information content (AvgIpc) is 2.89. The molecule has 9 rings (SSSR count). The van der Waals surface area contributed by atoms with Crippen molar-refractivity contribution in [2.45, 2.75) is 11.8 Å². The molecule has 34 heavy (non-hydrogen) atoms. The minimum Gasteiger partial charge on any atom is -0.294 e. The molecular weight excluding hydrogens is 416 g/mol. The maximum absolute atomic E-state index is 13.9. The molecule has 0 radical (unpaired) electrons. The SMILES string of the molecule is O=C1c2ccccc2C(=O)[C@H]2[C@@H]3c4ccccc4[C@@H](c4cc5cc6ccccc6cc5cc43)[C@@H]12. The highest BCUT2D eigenvalue weighted by atomic mass is 16.1. The third-order valence-corrected chi connectivity index (χ3v) is 8.41. The van der Waals surface area contributed by atoms with Crippen molar-refractivity contribution >= 4 is 33.1 Å². The van der Waals surface area contributed by atoms with Gasteiger partial charge in [0, 0.05) is 34.8 Å². The Morgan fingerprint density at radius 2 is 0.824 bits per heavy atom. The van der Waals surface area contributed by atoms with Gasteiger partial charge in [-0.25, -0.2) is 0 Å². The smallest absolute Gasteiger partial charge is 0.168 e. The second-order valence-electron chi connectivity index (χ2n) is 9.94. The lowest BCUT2D eigenvalue weighted by Crippen LogP contribution is -2.50. The van der Waals surface area contributed by atoms with Crippen LogP contribution in [0.25, 0.3) is 21.5 Å². The normalized spacial score (nSPS) is 24.0. The average molecular weight is 437 g/mol. The molecule has 2 bridgehead atoms. The van der Waals surface area contributed by atoms with E-state index in [4.69, 9.17) is 0 Å². The van der Waals surface area contributed by atoms with Crippen molar-refractivity contribution < 1.29 is 9.59 Å². The molecule has 0 spiro atoms. The number of Topliss-reactive ketones (excluding diaryl/α,β-unsaturated/α-hetero) is 2. The van der Waals surface area contributed by atoms with Crippen molar-refractivity contribution in [3.63, 3.8) is 0 Å². The number of benzene rings is 5. The number of ketones is 2. The molecular formula is C32H20O2. The summed E-state index contributed by atoms with van der Waals surface area (Å²) in [6.45, 7) is 0. The number of rotatable bonds is 0. The molecule has 0 N–H and O–H groups in total. The van der Waals surface area contributed by atoms with Crippen LogP contribution in [0.3, 0.4) is 0 Å². The summed E-state index contributed by atoms with van der Waals surface area (Å²) in [6, 6.07) is 33.3. The molecule has 4 atom stereocenters. The highest BCUT2D eigenvalue weighted by molar-refractivity contribution is 6.17. The minimum absolute atomic E-state index is 0.0955. The minimum atomic E-state index is -0.340. The first-order valence-corrected chi connectivity index (χ1v) is 11.9. The molecule has 0 aromatic heterocycles. The van der Waals surface area contributed by atoms with E-state index in [1.54, 1.807) is 0 Å². The van der Waals surface area contributed by atoms with Gasteiger partial charge in [0.15, 0.2) is 11.6 Å². The Bertz CT molecular complexity index is 1600. The van der Waals surface area contributed by atoms with Crippen molar-refractivity contribution in [3.8, 4) is 0 Å². The van der Waals surface area contributed by atoms with Crippen LogP contribution in [0, 0.1) is 11.8 Å². The first kappa shape index (κ1) is 18.4. The Morgan fingerprint density at radius 3 is 1.29 bits per heavy atom. The second-order valence-corrected chi connectivity index (χ2v) is 9.94.